The first kappa shape index (κ1) is 19.2. The second kappa shape index (κ2) is 7.59. The highest BCUT2D eigenvalue weighted by atomic mass is 79.9. The van der Waals surface area contributed by atoms with Gasteiger partial charge in [-0.15, -0.1) is 16.1 Å². The first-order valence-corrected chi connectivity index (χ1v) is 11.0. The lowest BCUT2D eigenvalue weighted by molar-refractivity contribution is 0.536. The molecule has 0 spiro atoms. The second-order valence-electron chi connectivity index (χ2n) is 6.76. The van der Waals surface area contributed by atoms with Crippen molar-refractivity contribution in [2.75, 3.05) is 0 Å². The molecule has 0 saturated carbocycles. The molecule has 0 saturated heterocycles. The minimum absolute atomic E-state index is 0.224. The van der Waals surface area contributed by atoms with E-state index in [2.05, 4.69) is 32.8 Å². The summed E-state index contributed by atoms with van der Waals surface area (Å²) in [5, 5.41) is 1.83. The van der Waals surface area contributed by atoms with Gasteiger partial charge in [-0.2, -0.15) is 0 Å². The minimum Gasteiger partial charge on any atom is -0.598 e. The minimum atomic E-state index is -1.22. The van der Waals surface area contributed by atoms with E-state index >= 15 is 0 Å². The van der Waals surface area contributed by atoms with E-state index in [9.17, 15) is 4.55 Å². The van der Waals surface area contributed by atoms with E-state index in [1.807, 2.05) is 57.2 Å². The Bertz CT molecular complexity index is 891. The van der Waals surface area contributed by atoms with E-state index in [-0.39, 0.29) is 10.8 Å². The number of halogens is 2. The predicted octanol–water partition coefficient (Wildman–Crippen LogP) is 6.46. The Balaban J connectivity index is 2.09. The highest BCUT2D eigenvalue weighted by Crippen LogP contribution is 2.39. The molecule has 0 fully saturated rings. The Morgan fingerprint density at radius 3 is 2.52 bits per heavy atom. The zero-order valence-electron chi connectivity index (χ0n) is 14.2. The summed E-state index contributed by atoms with van der Waals surface area (Å²) >= 11 is 10.5. The molecule has 0 aliphatic carbocycles. The van der Waals surface area contributed by atoms with Gasteiger partial charge in [0.25, 0.3) is 0 Å². The van der Waals surface area contributed by atoms with Gasteiger partial charge in [0.1, 0.15) is 10.8 Å². The molecule has 2 nitrogen and oxygen atoms in total. The van der Waals surface area contributed by atoms with Crippen molar-refractivity contribution in [1.82, 2.24) is 4.72 Å². The Hall–Kier alpha value is -0.560. The number of hydrogen-bond donors (Lipinski definition) is 1. The van der Waals surface area contributed by atoms with Crippen LogP contribution < -0.4 is 4.72 Å². The van der Waals surface area contributed by atoms with Gasteiger partial charge in [-0.05, 0) is 65.8 Å². The predicted molar refractivity (Wildman–Crippen MR) is 114 cm³/mol. The molecule has 0 aliphatic heterocycles. The molecule has 1 aromatic heterocycles. The van der Waals surface area contributed by atoms with Crippen LogP contribution in [0.1, 0.15) is 37.3 Å². The topological polar surface area (TPSA) is 35.1 Å². The van der Waals surface area contributed by atoms with Crippen LogP contribution in [0.25, 0.3) is 10.1 Å². The molecule has 25 heavy (non-hydrogen) atoms. The van der Waals surface area contributed by atoms with Crippen LogP contribution in [0.15, 0.2) is 53.0 Å². The Kier molecular flexibility index (Phi) is 5.83. The average Bonchev–Trinajstić information content (AvgIpc) is 2.97. The monoisotopic (exact) mass is 455 g/mol. The van der Waals surface area contributed by atoms with Gasteiger partial charge in [-0.1, -0.05) is 41.9 Å². The lowest BCUT2D eigenvalue weighted by atomic mass is 10.1. The molecule has 6 heteroatoms. The summed E-state index contributed by atoms with van der Waals surface area (Å²) in [5.41, 5.74) is 0.935. The number of rotatable bonds is 4. The van der Waals surface area contributed by atoms with Crippen LogP contribution in [-0.2, 0) is 11.4 Å². The van der Waals surface area contributed by atoms with Crippen LogP contribution >= 0.6 is 38.9 Å². The van der Waals surface area contributed by atoms with E-state index in [1.165, 1.54) is 4.70 Å². The van der Waals surface area contributed by atoms with Crippen molar-refractivity contribution in [1.29, 1.82) is 0 Å². The summed E-state index contributed by atoms with van der Waals surface area (Å²) in [6.07, 6.45) is 0. The van der Waals surface area contributed by atoms with Gasteiger partial charge in [0.2, 0.25) is 0 Å². The molecule has 0 amide bonds. The molecule has 1 heterocycles. The Labute approximate surface area is 169 Å². The lowest BCUT2D eigenvalue weighted by Gasteiger charge is -2.28. The highest BCUT2D eigenvalue weighted by Gasteiger charge is 2.32. The van der Waals surface area contributed by atoms with Crippen LogP contribution in [0.5, 0.6) is 0 Å². The standard InChI is InChI=1S/C19H19BrClNOS2/c1-19(2,3)25(23)22-17(13-8-4-5-10-15(13)21)16-11-12-7-6-9-14(20)18(12)24-16/h4-11,17,22H,1-3H3. The molecule has 2 atom stereocenters. The van der Waals surface area contributed by atoms with Crippen molar-refractivity contribution < 1.29 is 4.55 Å². The number of hydrogen-bond acceptors (Lipinski definition) is 3. The van der Waals surface area contributed by atoms with Gasteiger partial charge in [-0.3, -0.25) is 0 Å². The molecule has 3 aromatic rings. The summed E-state index contributed by atoms with van der Waals surface area (Å²) in [4.78, 5) is 1.09. The number of fused-ring (bicyclic) bond motifs is 1. The maximum absolute atomic E-state index is 12.8. The molecule has 0 aliphatic rings. The van der Waals surface area contributed by atoms with Crippen molar-refractivity contribution in [3.05, 3.63) is 68.5 Å². The average molecular weight is 457 g/mol. The van der Waals surface area contributed by atoms with Gasteiger partial charge in [0, 0.05) is 30.4 Å². The molecule has 1 N–H and O–H groups in total. The fourth-order valence-electron chi connectivity index (χ4n) is 2.46. The van der Waals surface area contributed by atoms with E-state index in [0.717, 1.165) is 20.3 Å². The molecular weight excluding hydrogens is 438 g/mol. The van der Waals surface area contributed by atoms with Crippen LogP contribution in [0.4, 0.5) is 0 Å². The third-order valence-corrected chi connectivity index (χ3v) is 7.88. The number of nitrogens with one attached hydrogen (secondary N) is 1. The maximum Gasteiger partial charge on any atom is 0.136 e. The number of benzene rings is 2. The van der Waals surface area contributed by atoms with E-state index in [1.54, 1.807) is 11.3 Å². The van der Waals surface area contributed by atoms with Gasteiger partial charge in [-0.25, -0.2) is 0 Å². The van der Waals surface area contributed by atoms with E-state index < -0.39 is 11.4 Å². The van der Waals surface area contributed by atoms with Gasteiger partial charge in [0.15, 0.2) is 0 Å². The van der Waals surface area contributed by atoms with Crippen molar-refractivity contribution in [3.63, 3.8) is 0 Å². The largest absolute Gasteiger partial charge is 0.598 e. The summed E-state index contributed by atoms with van der Waals surface area (Å²) in [5.74, 6) is 0. The van der Waals surface area contributed by atoms with Crippen molar-refractivity contribution in [2.45, 2.75) is 31.6 Å². The van der Waals surface area contributed by atoms with Crippen LogP contribution in [0, 0.1) is 0 Å². The summed E-state index contributed by atoms with van der Waals surface area (Å²) in [7, 11) is 0. The third kappa shape index (κ3) is 4.24. The fraction of sp³-hybridized carbons (Fsp3) is 0.263. The maximum atomic E-state index is 12.8. The normalized spacial score (nSPS) is 14.6. The Morgan fingerprint density at radius 2 is 1.88 bits per heavy atom. The zero-order valence-corrected chi connectivity index (χ0v) is 18.2. The third-order valence-electron chi connectivity index (χ3n) is 3.80. The van der Waals surface area contributed by atoms with Crippen LogP contribution in [0.2, 0.25) is 5.02 Å². The smallest absolute Gasteiger partial charge is 0.136 e. The van der Waals surface area contributed by atoms with Gasteiger partial charge in [0.05, 0.1) is 0 Å². The van der Waals surface area contributed by atoms with Gasteiger partial charge < -0.3 is 4.55 Å². The summed E-state index contributed by atoms with van der Waals surface area (Å²) in [6.45, 7) is 5.88. The summed E-state index contributed by atoms with van der Waals surface area (Å²) in [6, 6.07) is 15.8. The molecule has 0 bridgehead atoms. The quantitative estimate of drug-likeness (QED) is 0.457. The molecular formula is C19H19BrClNOS2. The molecule has 132 valence electrons. The van der Waals surface area contributed by atoms with E-state index in [4.69, 9.17) is 11.6 Å². The fourth-order valence-corrected chi connectivity index (χ4v) is 5.36. The van der Waals surface area contributed by atoms with Crippen molar-refractivity contribution in [2.24, 2.45) is 0 Å². The van der Waals surface area contributed by atoms with Crippen molar-refractivity contribution >= 4 is 60.3 Å². The van der Waals surface area contributed by atoms with Crippen LogP contribution in [0.3, 0.4) is 0 Å². The van der Waals surface area contributed by atoms with Gasteiger partial charge >= 0.3 is 0 Å². The molecule has 0 radical (unpaired) electrons. The molecule has 2 unspecified atom stereocenters. The lowest BCUT2D eigenvalue weighted by Crippen LogP contribution is -2.41. The van der Waals surface area contributed by atoms with E-state index in [0.29, 0.717) is 5.02 Å². The first-order valence-electron chi connectivity index (χ1n) is 7.88. The zero-order chi connectivity index (χ0) is 18.2. The number of thiophene rings is 1. The second-order valence-corrected chi connectivity index (χ2v) is 11.1. The first-order chi connectivity index (χ1) is 11.8. The molecule has 3 rings (SSSR count). The van der Waals surface area contributed by atoms with Crippen LogP contribution in [-0.4, -0.2) is 9.30 Å². The SMILES string of the molecule is CC(C)(C)[S+]([O-])NC(c1cc2cccc(Br)c2s1)c1ccccc1Cl. The van der Waals surface area contributed by atoms with Crippen molar-refractivity contribution in [3.8, 4) is 0 Å². The molecule has 2 aromatic carbocycles. The summed E-state index contributed by atoms with van der Waals surface area (Å²) < 4.78 is 17.9. The Morgan fingerprint density at radius 1 is 1.16 bits per heavy atom. The highest BCUT2D eigenvalue weighted by molar-refractivity contribution is 9.10.